The van der Waals surface area contributed by atoms with Crippen molar-refractivity contribution in [3.8, 4) is 0 Å². The third-order valence-corrected chi connectivity index (χ3v) is 4.36. The van der Waals surface area contributed by atoms with Crippen molar-refractivity contribution >= 4 is 11.8 Å². The van der Waals surface area contributed by atoms with Crippen molar-refractivity contribution in [3.63, 3.8) is 0 Å². The fourth-order valence-electron chi connectivity index (χ4n) is 2.45. The van der Waals surface area contributed by atoms with Crippen LogP contribution in [0.2, 0.25) is 0 Å². The second-order valence-electron chi connectivity index (χ2n) is 5.21. The number of hydrogen-bond acceptors (Lipinski definition) is 2. The van der Waals surface area contributed by atoms with Gasteiger partial charge in [0.05, 0.1) is 0 Å². The second kappa shape index (κ2) is 6.15. The topological polar surface area (TPSA) is 12.0 Å². The summed E-state index contributed by atoms with van der Waals surface area (Å²) >= 11 is 1.98. The zero-order valence-electron chi connectivity index (χ0n) is 10.0. The van der Waals surface area contributed by atoms with E-state index in [2.05, 4.69) is 11.6 Å². The molecule has 0 aliphatic heterocycles. The standard InChI is InChI=1S/C13H25NS/c1-15-10-4-2-3-9-14-13(11-5-6-11)12-7-8-12/h11-14H,2-10H2,1H3. The maximum Gasteiger partial charge on any atom is 0.0124 e. The van der Waals surface area contributed by atoms with E-state index in [1.165, 1.54) is 57.2 Å². The van der Waals surface area contributed by atoms with Crippen LogP contribution in [0.3, 0.4) is 0 Å². The van der Waals surface area contributed by atoms with E-state index in [9.17, 15) is 0 Å². The SMILES string of the molecule is CSCCCCCNC(C1CC1)C1CC1. The van der Waals surface area contributed by atoms with Crippen LogP contribution in [0.15, 0.2) is 0 Å². The van der Waals surface area contributed by atoms with E-state index in [4.69, 9.17) is 0 Å². The lowest BCUT2D eigenvalue weighted by Crippen LogP contribution is -2.33. The molecule has 0 heterocycles. The lowest BCUT2D eigenvalue weighted by Gasteiger charge is -2.17. The van der Waals surface area contributed by atoms with E-state index in [-0.39, 0.29) is 0 Å². The number of nitrogens with one attached hydrogen (secondary N) is 1. The van der Waals surface area contributed by atoms with Gasteiger partial charge in [0.15, 0.2) is 0 Å². The van der Waals surface area contributed by atoms with Gasteiger partial charge in [-0.1, -0.05) is 6.42 Å². The molecule has 2 heteroatoms. The number of thioether (sulfide) groups is 1. The Hall–Kier alpha value is 0.310. The van der Waals surface area contributed by atoms with E-state index >= 15 is 0 Å². The van der Waals surface area contributed by atoms with Gasteiger partial charge in [-0.3, -0.25) is 0 Å². The van der Waals surface area contributed by atoms with Crippen molar-refractivity contribution in [2.24, 2.45) is 11.8 Å². The third-order valence-electron chi connectivity index (χ3n) is 3.67. The molecule has 0 spiro atoms. The highest BCUT2D eigenvalue weighted by molar-refractivity contribution is 7.98. The van der Waals surface area contributed by atoms with Crippen molar-refractivity contribution in [2.75, 3.05) is 18.6 Å². The number of rotatable bonds is 9. The van der Waals surface area contributed by atoms with Gasteiger partial charge >= 0.3 is 0 Å². The smallest absolute Gasteiger partial charge is 0.0124 e. The Morgan fingerprint density at radius 3 is 2.27 bits per heavy atom. The highest BCUT2D eigenvalue weighted by Gasteiger charge is 2.40. The normalized spacial score (nSPS) is 21.2. The average molecular weight is 227 g/mol. The third kappa shape index (κ3) is 4.36. The molecule has 0 bridgehead atoms. The van der Waals surface area contributed by atoms with Crippen LogP contribution in [0.1, 0.15) is 44.9 Å². The summed E-state index contributed by atoms with van der Waals surface area (Å²) in [6.07, 6.45) is 12.4. The molecule has 88 valence electrons. The molecule has 15 heavy (non-hydrogen) atoms. The summed E-state index contributed by atoms with van der Waals surface area (Å²) in [6.45, 7) is 1.27. The van der Waals surface area contributed by atoms with E-state index in [0.717, 1.165) is 17.9 Å². The predicted molar refractivity (Wildman–Crippen MR) is 69.5 cm³/mol. The van der Waals surface area contributed by atoms with Crippen molar-refractivity contribution < 1.29 is 0 Å². The largest absolute Gasteiger partial charge is 0.313 e. The molecule has 2 fully saturated rings. The Morgan fingerprint density at radius 2 is 1.73 bits per heavy atom. The molecule has 0 amide bonds. The maximum atomic E-state index is 3.81. The minimum absolute atomic E-state index is 0.908. The van der Waals surface area contributed by atoms with Gasteiger partial charge in [-0.05, 0) is 68.9 Å². The summed E-state index contributed by atoms with van der Waals surface area (Å²) in [5.41, 5.74) is 0. The van der Waals surface area contributed by atoms with Crippen LogP contribution in [0.25, 0.3) is 0 Å². The van der Waals surface area contributed by atoms with Crippen molar-refractivity contribution in [2.45, 2.75) is 51.0 Å². The lowest BCUT2D eigenvalue weighted by molar-refractivity contribution is 0.411. The van der Waals surface area contributed by atoms with Crippen molar-refractivity contribution in [3.05, 3.63) is 0 Å². The monoisotopic (exact) mass is 227 g/mol. The molecule has 1 nitrogen and oxygen atoms in total. The Morgan fingerprint density at radius 1 is 1.07 bits per heavy atom. The van der Waals surface area contributed by atoms with E-state index < -0.39 is 0 Å². The van der Waals surface area contributed by atoms with Crippen LogP contribution in [-0.4, -0.2) is 24.6 Å². The average Bonchev–Trinajstić information content (AvgIpc) is 3.09. The zero-order chi connectivity index (χ0) is 10.5. The van der Waals surface area contributed by atoms with Gasteiger partial charge in [-0.2, -0.15) is 11.8 Å². The summed E-state index contributed by atoms with van der Waals surface area (Å²) in [7, 11) is 0. The summed E-state index contributed by atoms with van der Waals surface area (Å²) in [4.78, 5) is 0. The summed E-state index contributed by atoms with van der Waals surface area (Å²) in [5, 5.41) is 3.81. The Bertz CT molecular complexity index is 163. The first-order valence-electron chi connectivity index (χ1n) is 6.64. The predicted octanol–water partition coefficient (Wildman–Crippen LogP) is 3.30. The van der Waals surface area contributed by atoms with Gasteiger partial charge in [-0.15, -0.1) is 0 Å². The first kappa shape index (κ1) is 11.8. The highest BCUT2D eigenvalue weighted by atomic mass is 32.2. The molecule has 0 radical (unpaired) electrons. The summed E-state index contributed by atoms with van der Waals surface area (Å²) in [6, 6.07) is 0.908. The Labute approximate surface area is 98.8 Å². The quantitative estimate of drug-likeness (QED) is 0.607. The summed E-state index contributed by atoms with van der Waals surface area (Å²) in [5.74, 6) is 3.46. The molecule has 2 aliphatic rings. The first-order chi connectivity index (χ1) is 7.42. The first-order valence-corrected chi connectivity index (χ1v) is 8.03. The number of unbranched alkanes of at least 4 members (excludes halogenated alkanes) is 2. The lowest BCUT2D eigenvalue weighted by atomic mass is 10.1. The van der Waals surface area contributed by atoms with Gasteiger partial charge in [-0.25, -0.2) is 0 Å². The van der Waals surface area contributed by atoms with Crippen molar-refractivity contribution in [1.29, 1.82) is 0 Å². The highest BCUT2D eigenvalue weighted by Crippen LogP contribution is 2.44. The second-order valence-corrected chi connectivity index (χ2v) is 6.19. The molecule has 0 unspecified atom stereocenters. The fourth-order valence-corrected chi connectivity index (χ4v) is 2.94. The molecule has 2 aliphatic carbocycles. The van der Waals surface area contributed by atoms with E-state index in [1.807, 2.05) is 11.8 Å². The minimum Gasteiger partial charge on any atom is -0.313 e. The fraction of sp³-hybridized carbons (Fsp3) is 1.00. The van der Waals surface area contributed by atoms with Crippen LogP contribution in [0, 0.1) is 11.8 Å². The van der Waals surface area contributed by atoms with Crippen LogP contribution >= 0.6 is 11.8 Å². The van der Waals surface area contributed by atoms with E-state index in [1.54, 1.807) is 0 Å². The van der Waals surface area contributed by atoms with Crippen LogP contribution < -0.4 is 5.32 Å². The molecule has 0 saturated heterocycles. The molecule has 2 rings (SSSR count). The van der Waals surface area contributed by atoms with Gasteiger partial charge in [0, 0.05) is 6.04 Å². The molecule has 0 aromatic heterocycles. The zero-order valence-corrected chi connectivity index (χ0v) is 10.8. The molecular weight excluding hydrogens is 202 g/mol. The summed E-state index contributed by atoms with van der Waals surface area (Å²) < 4.78 is 0. The molecule has 0 aromatic rings. The number of hydrogen-bond donors (Lipinski definition) is 1. The molecule has 1 N–H and O–H groups in total. The van der Waals surface area contributed by atoms with Gasteiger partial charge in [0.25, 0.3) is 0 Å². The van der Waals surface area contributed by atoms with Gasteiger partial charge in [0.2, 0.25) is 0 Å². The molecule has 0 atom stereocenters. The van der Waals surface area contributed by atoms with Crippen LogP contribution in [-0.2, 0) is 0 Å². The van der Waals surface area contributed by atoms with Crippen molar-refractivity contribution in [1.82, 2.24) is 5.32 Å². The van der Waals surface area contributed by atoms with Gasteiger partial charge < -0.3 is 5.32 Å². The molecule has 2 saturated carbocycles. The van der Waals surface area contributed by atoms with Crippen LogP contribution in [0.5, 0.6) is 0 Å². The maximum absolute atomic E-state index is 3.81. The molecule has 0 aromatic carbocycles. The van der Waals surface area contributed by atoms with E-state index in [0.29, 0.717) is 0 Å². The van der Waals surface area contributed by atoms with Crippen LogP contribution in [0.4, 0.5) is 0 Å². The minimum atomic E-state index is 0.908. The van der Waals surface area contributed by atoms with Gasteiger partial charge in [0.1, 0.15) is 0 Å². The Balaban J connectivity index is 1.48. The molecular formula is C13H25NS. The Kier molecular flexibility index (Phi) is 4.83.